The number of nitrogens with zero attached hydrogens (tertiary/aromatic N) is 5. The molecular weight excluding hydrogens is 1200 g/mol. The van der Waals surface area contributed by atoms with Gasteiger partial charge >= 0.3 is 48.9 Å². The van der Waals surface area contributed by atoms with E-state index in [-0.39, 0.29) is 127 Å². The van der Waals surface area contributed by atoms with Gasteiger partial charge in [0, 0.05) is 28.6 Å². The number of carbonyl (C=O) groups is 1. The van der Waals surface area contributed by atoms with Crippen LogP contribution >= 0.6 is 23.2 Å². The maximum absolute atomic E-state index is 13.4. The van der Waals surface area contributed by atoms with E-state index >= 15 is 0 Å². The Bertz CT molecular complexity index is 3860. The van der Waals surface area contributed by atoms with Crippen LogP contribution in [-0.4, -0.2) is 105 Å². The Morgan fingerprint density at radius 3 is 1.60 bits per heavy atom. The molecule has 77 heavy (non-hydrogen) atoms. The van der Waals surface area contributed by atoms with Gasteiger partial charge in [-0.3, -0.25) is 18.9 Å². The number of benzene rings is 8. The van der Waals surface area contributed by atoms with Crippen molar-refractivity contribution >= 4 is 160 Å². The number of aromatic hydroxyl groups is 1. The Balaban J connectivity index is 0.000000246. The molecule has 4 N–H and O–H groups in total. The average Bonchev–Trinajstić information content (AvgIpc) is 3.39. The number of anilines is 1. The van der Waals surface area contributed by atoms with Gasteiger partial charge in [0.15, 0.2) is 5.75 Å². The van der Waals surface area contributed by atoms with Gasteiger partial charge in [-0.1, -0.05) is 103 Å². The van der Waals surface area contributed by atoms with Crippen molar-refractivity contribution in [2.75, 3.05) is 18.5 Å². The molecule has 23 heteroatoms. The molecule has 8 rings (SSSR count). The van der Waals surface area contributed by atoms with E-state index in [9.17, 15) is 46.1 Å². The van der Waals surface area contributed by atoms with Crippen LogP contribution in [0.15, 0.2) is 169 Å². The van der Waals surface area contributed by atoms with Crippen molar-refractivity contribution in [3.63, 3.8) is 0 Å². The zero-order chi connectivity index (χ0) is 54.9. The third-order valence-electron chi connectivity index (χ3n) is 11.2. The van der Waals surface area contributed by atoms with Crippen LogP contribution in [0.4, 0.5) is 34.1 Å². The van der Waals surface area contributed by atoms with E-state index in [1.165, 1.54) is 30.3 Å². The van der Waals surface area contributed by atoms with Gasteiger partial charge in [0.05, 0.1) is 51.6 Å². The topological polar surface area (TPSA) is 284 Å². The molecule has 0 aliphatic carbocycles. The number of azo groups is 2. The number of hydrogen-bond acceptors (Lipinski definition) is 15. The van der Waals surface area contributed by atoms with Gasteiger partial charge in [0.25, 0.3) is 26.1 Å². The molecule has 0 heterocycles. The largest absolute Gasteiger partial charge is 2.00 e. The molecule has 0 bridgehead atoms. The summed E-state index contributed by atoms with van der Waals surface area (Å²) >= 11 is 12.2. The Morgan fingerprint density at radius 1 is 0.597 bits per heavy atom. The first-order chi connectivity index (χ1) is 36.2. The molecule has 392 valence electrons. The minimum absolute atomic E-state index is 0. The van der Waals surface area contributed by atoms with Crippen LogP contribution in [0, 0.1) is 0 Å². The molecular formula is C54H46BaCl2N6O12S2. The summed E-state index contributed by atoms with van der Waals surface area (Å²) in [6.45, 7) is 8.00. The van der Waals surface area contributed by atoms with Gasteiger partial charge in [-0.05, 0) is 121 Å². The van der Waals surface area contributed by atoms with Crippen molar-refractivity contribution in [1.82, 2.24) is 0 Å². The number of fused-ring (bicyclic) bond motifs is 2. The molecule has 8 aromatic rings. The molecule has 0 spiro atoms. The van der Waals surface area contributed by atoms with E-state index in [1.54, 1.807) is 117 Å². The van der Waals surface area contributed by atoms with Gasteiger partial charge in [0.2, 0.25) is 0 Å². The summed E-state index contributed by atoms with van der Waals surface area (Å²) in [6, 6.07) is 35.8. The van der Waals surface area contributed by atoms with E-state index in [4.69, 9.17) is 32.7 Å². The minimum Gasteiger partial charge on any atom is -0.871 e. The number of aliphatic imine (C=N–C) groups is 1. The predicted octanol–water partition coefficient (Wildman–Crippen LogP) is 12.3. The van der Waals surface area contributed by atoms with Gasteiger partial charge in [-0.2, -0.15) is 32.2 Å². The van der Waals surface area contributed by atoms with Crippen LogP contribution in [0.25, 0.3) is 21.5 Å². The number of carbonyl (C=O) groups excluding carboxylic acids is 1. The molecule has 0 aliphatic heterocycles. The number of ether oxygens (including phenoxy) is 2. The Labute approximate surface area is 493 Å². The molecule has 0 radical (unpaired) electrons. The second-order valence-corrected chi connectivity index (χ2v) is 19.8. The van der Waals surface area contributed by atoms with Crippen LogP contribution in [0.2, 0.25) is 10.0 Å². The third-order valence-corrected chi connectivity index (χ3v) is 14.0. The van der Waals surface area contributed by atoms with E-state index in [0.29, 0.717) is 57.6 Å². The zero-order valence-corrected chi connectivity index (χ0v) is 49.1. The Morgan fingerprint density at radius 2 is 1.08 bits per heavy atom. The summed E-state index contributed by atoms with van der Waals surface area (Å²) in [5, 5.41) is 58.7. The Hall–Kier alpha value is -6.41. The van der Waals surface area contributed by atoms with Crippen LogP contribution in [0.1, 0.15) is 54.7 Å². The quantitative estimate of drug-likeness (QED) is 0.0231. The van der Waals surface area contributed by atoms with Gasteiger partial charge < -0.3 is 30.1 Å². The number of phenols is 1. The first-order valence-electron chi connectivity index (χ1n) is 23.2. The van der Waals surface area contributed by atoms with E-state index < -0.39 is 42.7 Å². The summed E-state index contributed by atoms with van der Waals surface area (Å²) in [7, 11) is -9.09. The number of amides is 1. The Kier molecular flexibility index (Phi) is 20.4. The number of aryl methyl sites for hydroxylation is 2. The number of phenolic OH excluding ortho intramolecular Hbond substituents is 1. The van der Waals surface area contributed by atoms with Crippen molar-refractivity contribution in [2.45, 2.75) is 50.3 Å². The van der Waals surface area contributed by atoms with Crippen molar-refractivity contribution in [2.24, 2.45) is 25.4 Å². The number of nitrogens with one attached hydrogen (secondary N) is 1. The summed E-state index contributed by atoms with van der Waals surface area (Å²) in [5.41, 5.74) is 1.42. The second-order valence-electron chi connectivity index (χ2n) is 16.3. The molecule has 1 amide bonds. The van der Waals surface area contributed by atoms with Crippen molar-refractivity contribution in [3.8, 4) is 23.0 Å². The number of hydrogen-bond donors (Lipinski definition) is 4. The number of halogens is 2. The predicted molar refractivity (Wildman–Crippen MR) is 294 cm³/mol. The standard InChI is InChI=1S/2C27H24ClN3O6S.Ba/c2*1-3-16-12-19(15-23(28)26(16)38(34,35)36)30-31-24-21-11-6-5-8-17(21)13-22(25(24)32)27(33)29-18-9-7-10-20(14-18)37-4-2;/h2*5-15,32H,3-4H2,1-2H3,(H,29,33)(H,34,35,36);/q;;+2/p-2. The SMILES string of the molecule is CCOc1cccc(N=C([O-])c2cc3ccccc3c(N=Nc3cc(Cl)c(S(=O)(=O)O)c(CC)c3)c2[O-])c1.CCOc1cccc(NC(=O)c2cc3ccccc3c(N=Nc3cc(Cl)c(S(=O)(=O)O)c(CC)c3)c2O)c1.[Ba+2]. The fourth-order valence-corrected chi connectivity index (χ4v) is 10.6. The molecule has 0 aromatic heterocycles. The van der Waals surface area contributed by atoms with E-state index in [1.807, 2.05) is 13.8 Å². The fourth-order valence-electron chi connectivity index (χ4n) is 7.88. The molecule has 0 saturated carbocycles. The van der Waals surface area contributed by atoms with Gasteiger partial charge in [0.1, 0.15) is 27.0 Å². The van der Waals surface area contributed by atoms with E-state index in [2.05, 4.69) is 30.8 Å². The average molecular weight is 1240 g/mol. The molecule has 0 atom stereocenters. The normalized spacial score (nSPS) is 11.9. The first-order valence-corrected chi connectivity index (χ1v) is 26.8. The third kappa shape index (κ3) is 14.6. The van der Waals surface area contributed by atoms with Crippen LogP contribution in [0.5, 0.6) is 23.0 Å². The molecule has 0 unspecified atom stereocenters. The van der Waals surface area contributed by atoms with Crippen molar-refractivity contribution in [3.05, 3.63) is 166 Å². The summed E-state index contributed by atoms with van der Waals surface area (Å²) in [5.74, 6) is -1.23. The zero-order valence-electron chi connectivity index (χ0n) is 41.6. The summed E-state index contributed by atoms with van der Waals surface area (Å²) in [4.78, 5) is 16.4. The van der Waals surface area contributed by atoms with Crippen molar-refractivity contribution in [1.29, 1.82) is 0 Å². The van der Waals surface area contributed by atoms with Crippen LogP contribution in [0.3, 0.4) is 0 Å². The molecule has 18 nitrogen and oxygen atoms in total. The fraction of sp³-hybridized carbons (Fsp3) is 0.148. The summed E-state index contributed by atoms with van der Waals surface area (Å²) < 4.78 is 76.9. The van der Waals surface area contributed by atoms with Gasteiger partial charge in [-0.25, -0.2) is 0 Å². The van der Waals surface area contributed by atoms with E-state index in [0.717, 1.165) is 0 Å². The first kappa shape index (κ1) is 59.8. The smallest absolute Gasteiger partial charge is 0.871 e. The van der Waals surface area contributed by atoms with Gasteiger partial charge in [-0.15, -0.1) is 5.11 Å². The van der Waals surface area contributed by atoms with Crippen LogP contribution in [-0.2, 0) is 33.1 Å². The minimum atomic E-state index is -4.55. The van der Waals surface area contributed by atoms with Crippen molar-refractivity contribution < 1.29 is 55.5 Å². The summed E-state index contributed by atoms with van der Waals surface area (Å²) in [6.07, 6.45) is 0.496. The molecule has 8 aromatic carbocycles. The van der Waals surface area contributed by atoms with Crippen LogP contribution < -0.4 is 25.0 Å². The monoisotopic (exact) mass is 1240 g/mol. The molecule has 0 aliphatic rings. The number of rotatable bonds is 16. The molecule has 0 fully saturated rings. The second kappa shape index (κ2) is 26.3. The molecule has 0 saturated heterocycles. The maximum Gasteiger partial charge on any atom is 2.00 e. The maximum atomic E-state index is 13.4.